The van der Waals surface area contributed by atoms with E-state index in [1.165, 1.54) is 11.8 Å². The summed E-state index contributed by atoms with van der Waals surface area (Å²) >= 11 is 7.22. The number of aromatic nitrogens is 3. The Morgan fingerprint density at radius 1 is 1.32 bits per heavy atom. The minimum absolute atomic E-state index is 0.0245. The first kappa shape index (κ1) is 20.6. The molecule has 0 saturated heterocycles. The summed E-state index contributed by atoms with van der Waals surface area (Å²) in [5.41, 5.74) is 3.44. The van der Waals surface area contributed by atoms with Crippen LogP contribution < -0.4 is 0 Å². The number of ketones is 1. The maximum absolute atomic E-state index is 12.7. The minimum Gasteiger partial charge on any atom is -0.411 e. The normalized spacial score (nSPS) is 12.3. The van der Waals surface area contributed by atoms with Crippen molar-refractivity contribution in [2.24, 2.45) is 0 Å². The molecule has 6 nitrogen and oxygen atoms in total. The Bertz CT molecular complexity index is 983. The summed E-state index contributed by atoms with van der Waals surface area (Å²) in [6.45, 7) is 6.62. The van der Waals surface area contributed by atoms with Gasteiger partial charge in [-0.05, 0) is 45.0 Å². The number of thioether (sulfide) groups is 1. The molecule has 28 heavy (non-hydrogen) atoms. The van der Waals surface area contributed by atoms with E-state index >= 15 is 0 Å². The molecule has 0 saturated carbocycles. The van der Waals surface area contributed by atoms with Crippen molar-refractivity contribution in [2.75, 3.05) is 19.5 Å². The van der Waals surface area contributed by atoms with E-state index in [0.717, 1.165) is 17.0 Å². The van der Waals surface area contributed by atoms with Gasteiger partial charge in [-0.2, -0.15) is 0 Å². The lowest BCUT2D eigenvalue weighted by molar-refractivity contribution is 0.102. The van der Waals surface area contributed by atoms with Gasteiger partial charge in [0.05, 0.1) is 18.4 Å². The smallest absolute Gasteiger partial charge is 0.277 e. The molecule has 3 rings (SSSR count). The van der Waals surface area contributed by atoms with Gasteiger partial charge in [-0.15, -0.1) is 10.2 Å². The quantitative estimate of drug-likeness (QED) is 0.378. The Hall–Kier alpha value is -2.09. The van der Waals surface area contributed by atoms with Crippen LogP contribution in [0.1, 0.15) is 34.7 Å². The second-order valence-electron chi connectivity index (χ2n) is 6.55. The van der Waals surface area contributed by atoms with Crippen molar-refractivity contribution in [2.45, 2.75) is 32.0 Å². The molecule has 1 atom stereocenters. The van der Waals surface area contributed by atoms with Crippen molar-refractivity contribution in [1.29, 1.82) is 0 Å². The number of Topliss-reactive ketones (excluding diaryl/α,β-unsaturated/α-hetero) is 1. The number of hydrogen-bond acceptors (Lipinski definition) is 6. The summed E-state index contributed by atoms with van der Waals surface area (Å²) in [6.07, 6.45) is 0. The zero-order valence-corrected chi connectivity index (χ0v) is 17.8. The molecule has 2 heterocycles. The summed E-state index contributed by atoms with van der Waals surface area (Å²) < 4.78 is 13.0. The van der Waals surface area contributed by atoms with E-state index in [-0.39, 0.29) is 17.6 Å². The third kappa shape index (κ3) is 4.48. The van der Waals surface area contributed by atoms with Crippen LogP contribution in [0.4, 0.5) is 0 Å². The van der Waals surface area contributed by atoms with Gasteiger partial charge in [-0.25, -0.2) is 0 Å². The predicted molar refractivity (Wildman–Crippen MR) is 110 cm³/mol. The van der Waals surface area contributed by atoms with Crippen LogP contribution in [-0.4, -0.2) is 40.0 Å². The van der Waals surface area contributed by atoms with Gasteiger partial charge < -0.3 is 13.7 Å². The fraction of sp³-hybridized carbons (Fsp3) is 0.350. The second-order valence-corrected chi connectivity index (χ2v) is 7.92. The molecule has 0 aliphatic carbocycles. The lowest BCUT2D eigenvalue weighted by Gasteiger charge is -2.17. The van der Waals surface area contributed by atoms with Gasteiger partial charge in [-0.3, -0.25) is 4.79 Å². The summed E-state index contributed by atoms with van der Waals surface area (Å²) in [6, 6.07) is 9.28. The Morgan fingerprint density at radius 3 is 2.82 bits per heavy atom. The molecule has 0 spiro atoms. The highest BCUT2D eigenvalue weighted by molar-refractivity contribution is 7.99. The molecule has 1 aromatic carbocycles. The molecule has 0 aliphatic rings. The largest absolute Gasteiger partial charge is 0.411 e. The Kier molecular flexibility index (Phi) is 6.59. The first-order valence-electron chi connectivity index (χ1n) is 8.83. The van der Waals surface area contributed by atoms with Crippen LogP contribution in [0.3, 0.4) is 0 Å². The molecule has 0 N–H and O–H groups in total. The maximum Gasteiger partial charge on any atom is 0.277 e. The highest BCUT2D eigenvalue weighted by Crippen LogP contribution is 2.27. The van der Waals surface area contributed by atoms with Crippen molar-refractivity contribution in [1.82, 2.24) is 14.8 Å². The average Bonchev–Trinajstić information content (AvgIpc) is 3.24. The molecule has 0 aliphatic heterocycles. The van der Waals surface area contributed by atoms with Crippen LogP contribution in [-0.2, 0) is 4.74 Å². The number of aryl methyl sites for hydroxylation is 1. The first-order valence-corrected chi connectivity index (χ1v) is 10.2. The van der Waals surface area contributed by atoms with E-state index in [1.54, 1.807) is 19.2 Å². The Balaban J connectivity index is 1.69. The van der Waals surface area contributed by atoms with Crippen molar-refractivity contribution in [3.8, 4) is 11.5 Å². The molecule has 0 bridgehead atoms. The van der Waals surface area contributed by atoms with E-state index in [4.69, 9.17) is 20.8 Å². The number of ether oxygens (including phenoxy) is 1. The molecule has 0 amide bonds. The first-order chi connectivity index (χ1) is 13.4. The monoisotopic (exact) mass is 419 g/mol. The van der Waals surface area contributed by atoms with Gasteiger partial charge in [0.15, 0.2) is 5.78 Å². The third-order valence-electron chi connectivity index (χ3n) is 4.44. The van der Waals surface area contributed by atoms with Gasteiger partial charge in [0.2, 0.25) is 5.89 Å². The topological polar surface area (TPSA) is 70.2 Å². The van der Waals surface area contributed by atoms with Gasteiger partial charge in [0.25, 0.3) is 5.22 Å². The van der Waals surface area contributed by atoms with Crippen LogP contribution in [0.25, 0.3) is 11.5 Å². The zero-order chi connectivity index (χ0) is 20.3. The molecular weight excluding hydrogens is 398 g/mol. The fourth-order valence-corrected chi connectivity index (χ4v) is 4.10. The van der Waals surface area contributed by atoms with Crippen LogP contribution in [0, 0.1) is 13.8 Å². The zero-order valence-electron chi connectivity index (χ0n) is 16.2. The predicted octanol–water partition coefficient (Wildman–Crippen LogP) is 4.99. The number of carbonyl (C=O) groups excluding carboxylic acids is 1. The molecule has 148 valence electrons. The van der Waals surface area contributed by atoms with Crippen LogP contribution in [0.2, 0.25) is 5.02 Å². The summed E-state index contributed by atoms with van der Waals surface area (Å²) in [5.74, 6) is 0.626. The number of benzene rings is 1. The molecule has 8 heteroatoms. The summed E-state index contributed by atoms with van der Waals surface area (Å²) in [7, 11) is 1.68. The van der Waals surface area contributed by atoms with E-state index in [1.807, 2.05) is 32.0 Å². The van der Waals surface area contributed by atoms with E-state index in [0.29, 0.717) is 28.3 Å². The number of hydrogen-bond donors (Lipinski definition) is 0. The van der Waals surface area contributed by atoms with Gasteiger partial charge in [0.1, 0.15) is 0 Å². The molecular formula is C20H22ClN3O3S. The minimum atomic E-state index is 0.0245. The lowest BCUT2D eigenvalue weighted by Crippen LogP contribution is -2.14. The van der Waals surface area contributed by atoms with E-state index < -0.39 is 0 Å². The van der Waals surface area contributed by atoms with Crippen molar-refractivity contribution >= 4 is 29.1 Å². The Morgan fingerprint density at radius 2 is 2.11 bits per heavy atom. The van der Waals surface area contributed by atoms with Crippen LogP contribution in [0.5, 0.6) is 0 Å². The van der Waals surface area contributed by atoms with Gasteiger partial charge >= 0.3 is 0 Å². The van der Waals surface area contributed by atoms with Crippen molar-refractivity contribution < 1.29 is 13.9 Å². The number of rotatable bonds is 8. The fourth-order valence-electron chi connectivity index (χ4n) is 3.26. The number of halogens is 1. The van der Waals surface area contributed by atoms with Gasteiger partial charge in [0, 0.05) is 34.6 Å². The maximum atomic E-state index is 12.7. The molecule has 0 fully saturated rings. The van der Waals surface area contributed by atoms with Crippen LogP contribution in [0.15, 0.2) is 40.0 Å². The van der Waals surface area contributed by atoms with Crippen LogP contribution >= 0.6 is 23.4 Å². The average molecular weight is 420 g/mol. The van der Waals surface area contributed by atoms with Gasteiger partial charge in [-0.1, -0.05) is 29.4 Å². The highest BCUT2D eigenvalue weighted by atomic mass is 35.5. The molecule has 0 radical (unpaired) electrons. The van der Waals surface area contributed by atoms with E-state index in [9.17, 15) is 4.79 Å². The molecule has 0 unspecified atom stereocenters. The van der Waals surface area contributed by atoms with Crippen molar-refractivity contribution in [3.63, 3.8) is 0 Å². The number of nitrogens with zero attached hydrogens (tertiary/aromatic N) is 3. The lowest BCUT2D eigenvalue weighted by atomic mass is 10.2. The summed E-state index contributed by atoms with van der Waals surface area (Å²) in [5, 5.41) is 8.99. The standard InChI is InChI=1S/C20H22ClN3O3S/c1-12-8-17(14(3)24(12)13(2)10-26-4)18(25)11-28-20-23-22-19(27-20)15-6-5-7-16(21)9-15/h5-9,13H,10-11H2,1-4H3/t13-/m0/s1. The Labute approximate surface area is 173 Å². The highest BCUT2D eigenvalue weighted by Gasteiger charge is 2.20. The summed E-state index contributed by atoms with van der Waals surface area (Å²) in [4.78, 5) is 12.7. The number of methoxy groups -OCH3 is 1. The third-order valence-corrected chi connectivity index (χ3v) is 5.49. The number of carbonyl (C=O) groups is 1. The van der Waals surface area contributed by atoms with Crippen molar-refractivity contribution in [3.05, 3.63) is 52.3 Å². The molecule has 3 aromatic rings. The SMILES string of the molecule is COC[C@H](C)n1c(C)cc(C(=O)CSc2nnc(-c3cccc(Cl)c3)o2)c1C. The molecule has 2 aromatic heterocycles. The van der Waals surface area contributed by atoms with E-state index in [2.05, 4.69) is 21.7 Å². The second kappa shape index (κ2) is 8.94.